The molecule has 37 heavy (non-hydrogen) atoms. The first-order valence-corrected chi connectivity index (χ1v) is 12.2. The summed E-state index contributed by atoms with van der Waals surface area (Å²) in [6, 6.07) is 11.3. The highest BCUT2D eigenvalue weighted by atomic mass is 35.5. The summed E-state index contributed by atoms with van der Waals surface area (Å²) >= 11 is 13.3. The number of aliphatic hydroxyl groups excluding tert-OH is 1. The Morgan fingerprint density at radius 2 is 1.81 bits per heavy atom. The van der Waals surface area contributed by atoms with E-state index in [0.717, 1.165) is 27.7 Å². The summed E-state index contributed by atoms with van der Waals surface area (Å²) in [6.07, 6.45) is 3.37. The fraction of sp³-hybridized carbons (Fsp3) is 0.185. The van der Waals surface area contributed by atoms with E-state index in [2.05, 4.69) is 27.5 Å². The number of methoxy groups -OCH3 is 2. The van der Waals surface area contributed by atoms with Crippen molar-refractivity contribution in [3.05, 3.63) is 71.0 Å². The van der Waals surface area contributed by atoms with Crippen LogP contribution in [-0.2, 0) is 0 Å². The van der Waals surface area contributed by atoms with Gasteiger partial charge in [0.15, 0.2) is 0 Å². The van der Waals surface area contributed by atoms with E-state index in [4.69, 9.17) is 37.7 Å². The Balaban J connectivity index is 1.86. The quantitative estimate of drug-likeness (QED) is 0.178. The van der Waals surface area contributed by atoms with Gasteiger partial charge in [0.2, 0.25) is 0 Å². The Morgan fingerprint density at radius 3 is 2.46 bits per heavy atom. The Labute approximate surface area is 225 Å². The average molecular weight is 540 g/mol. The monoisotopic (exact) mass is 539 g/mol. The first kappa shape index (κ1) is 26.3. The number of aliphatic hydroxyl groups is 1. The van der Waals surface area contributed by atoms with Crippen molar-refractivity contribution >= 4 is 57.0 Å². The van der Waals surface area contributed by atoms with Crippen LogP contribution in [0.5, 0.6) is 11.5 Å². The number of hydrogen-bond acceptors (Lipinski definition) is 8. The number of nitrogens with zero attached hydrogens (tertiary/aromatic N) is 2. The second kappa shape index (κ2) is 11.6. The van der Waals surface area contributed by atoms with Crippen LogP contribution in [0.15, 0.2) is 55.4 Å². The number of halogens is 2. The second-order valence-electron chi connectivity index (χ2n) is 8.05. The van der Waals surface area contributed by atoms with Crippen molar-refractivity contribution in [2.75, 3.05) is 43.3 Å². The zero-order chi connectivity index (χ0) is 26.5. The van der Waals surface area contributed by atoms with Gasteiger partial charge < -0.3 is 30.5 Å². The highest BCUT2D eigenvalue weighted by Gasteiger charge is 2.21. The summed E-state index contributed by atoms with van der Waals surface area (Å²) < 4.78 is 10.8. The average Bonchev–Trinajstić information content (AvgIpc) is 2.89. The maximum Gasteiger partial charge on any atom is 0.141 e. The molecule has 0 radical (unpaired) electrons. The number of pyridine rings is 2. The van der Waals surface area contributed by atoms with E-state index in [1.54, 1.807) is 18.5 Å². The highest BCUT2D eigenvalue weighted by molar-refractivity contribution is 6.41. The predicted molar refractivity (Wildman–Crippen MR) is 152 cm³/mol. The maximum atomic E-state index is 9.47. The van der Waals surface area contributed by atoms with E-state index in [0.29, 0.717) is 51.0 Å². The smallest absolute Gasteiger partial charge is 0.141 e. The van der Waals surface area contributed by atoms with E-state index >= 15 is 0 Å². The number of hydrogen-bond donors (Lipinski definition) is 4. The van der Waals surface area contributed by atoms with Crippen LogP contribution in [-0.4, -0.2) is 42.4 Å². The van der Waals surface area contributed by atoms with Crippen molar-refractivity contribution in [3.8, 4) is 22.8 Å². The molecule has 0 spiro atoms. The molecule has 0 saturated carbocycles. The molecule has 4 N–H and O–H groups in total. The molecule has 0 saturated heterocycles. The van der Waals surface area contributed by atoms with Crippen LogP contribution < -0.4 is 25.4 Å². The molecule has 0 bridgehead atoms. The largest absolute Gasteiger partial charge is 0.495 e. The Bertz CT molecular complexity index is 1430. The summed E-state index contributed by atoms with van der Waals surface area (Å²) in [5.41, 5.74) is 3.76. The van der Waals surface area contributed by atoms with Gasteiger partial charge in [-0.05, 0) is 36.9 Å². The Hall–Kier alpha value is -3.72. The molecule has 8 nitrogen and oxygen atoms in total. The van der Waals surface area contributed by atoms with E-state index in [9.17, 15) is 5.11 Å². The summed E-state index contributed by atoms with van der Waals surface area (Å²) in [5.74, 6) is 1.97. The molecule has 2 aromatic carbocycles. The summed E-state index contributed by atoms with van der Waals surface area (Å²) in [4.78, 5) is 9.44. The molecule has 192 valence electrons. The molecule has 4 rings (SSSR count). The van der Waals surface area contributed by atoms with Crippen molar-refractivity contribution in [3.63, 3.8) is 0 Å². The number of ether oxygens (including phenoxy) is 2. The lowest BCUT2D eigenvalue weighted by Crippen LogP contribution is -2.08. The van der Waals surface area contributed by atoms with Crippen LogP contribution in [0.2, 0.25) is 10.0 Å². The summed E-state index contributed by atoms with van der Waals surface area (Å²) in [7, 11) is 3.03. The van der Waals surface area contributed by atoms with Gasteiger partial charge in [0.05, 0.1) is 47.9 Å². The minimum Gasteiger partial charge on any atom is -0.495 e. The zero-order valence-electron chi connectivity index (χ0n) is 20.7. The number of aryl methyl sites for hydroxylation is 1. The molecular weight excluding hydrogens is 513 g/mol. The molecule has 0 aliphatic heterocycles. The van der Waals surface area contributed by atoms with Gasteiger partial charge in [-0.3, -0.25) is 0 Å². The lowest BCUT2D eigenvalue weighted by atomic mass is 10.1. The SMILES string of the molecule is C=CNc1cccc(C)c1Nc1cc2c(NCCO)nc(-c3c(Cl)c(OC)cc(OC)c3Cl)cc2cn1. The lowest BCUT2D eigenvalue weighted by molar-refractivity contribution is 0.311. The molecular formula is C27H27Cl2N5O3. The molecule has 2 aromatic heterocycles. The number of fused-ring (bicyclic) bond motifs is 1. The number of benzene rings is 2. The van der Waals surface area contributed by atoms with Crippen LogP contribution in [0.4, 0.5) is 23.0 Å². The van der Waals surface area contributed by atoms with Crippen molar-refractivity contribution in [2.24, 2.45) is 0 Å². The van der Waals surface area contributed by atoms with Gasteiger partial charge in [-0.25, -0.2) is 9.97 Å². The van der Waals surface area contributed by atoms with Crippen molar-refractivity contribution < 1.29 is 14.6 Å². The predicted octanol–water partition coefficient (Wildman–Crippen LogP) is 6.63. The number of aromatic nitrogens is 2. The molecule has 0 unspecified atom stereocenters. The van der Waals surface area contributed by atoms with E-state index < -0.39 is 0 Å². The molecule has 0 aliphatic rings. The van der Waals surface area contributed by atoms with Gasteiger partial charge in [-0.15, -0.1) is 0 Å². The summed E-state index contributed by atoms with van der Waals surface area (Å²) in [5, 5.41) is 21.4. The second-order valence-corrected chi connectivity index (χ2v) is 8.81. The molecule has 0 amide bonds. The van der Waals surface area contributed by atoms with E-state index in [-0.39, 0.29) is 6.61 Å². The number of anilines is 4. The molecule has 0 atom stereocenters. The van der Waals surface area contributed by atoms with E-state index in [1.165, 1.54) is 14.2 Å². The minimum atomic E-state index is -0.0715. The Morgan fingerprint density at radius 1 is 1.08 bits per heavy atom. The maximum absolute atomic E-state index is 9.47. The fourth-order valence-electron chi connectivity index (χ4n) is 3.95. The lowest BCUT2D eigenvalue weighted by Gasteiger charge is -2.17. The number of para-hydroxylation sites is 1. The van der Waals surface area contributed by atoms with Crippen molar-refractivity contribution in [1.29, 1.82) is 0 Å². The van der Waals surface area contributed by atoms with Gasteiger partial charge in [0, 0.05) is 35.1 Å². The van der Waals surface area contributed by atoms with Crippen LogP contribution >= 0.6 is 23.2 Å². The third-order valence-corrected chi connectivity index (χ3v) is 6.48. The first-order chi connectivity index (χ1) is 17.9. The normalized spacial score (nSPS) is 10.8. The van der Waals surface area contributed by atoms with Crippen LogP contribution in [0, 0.1) is 6.92 Å². The molecule has 4 aromatic rings. The molecule has 0 aliphatic carbocycles. The van der Waals surface area contributed by atoms with Crippen LogP contribution in [0.1, 0.15) is 5.56 Å². The van der Waals surface area contributed by atoms with Gasteiger partial charge in [0.1, 0.15) is 23.1 Å². The first-order valence-electron chi connectivity index (χ1n) is 11.4. The van der Waals surface area contributed by atoms with Gasteiger partial charge in [0.25, 0.3) is 0 Å². The summed E-state index contributed by atoms with van der Waals surface area (Å²) in [6.45, 7) is 5.99. The van der Waals surface area contributed by atoms with Gasteiger partial charge >= 0.3 is 0 Å². The van der Waals surface area contributed by atoms with Crippen LogP contribution in [0.3, 0.4) is 0 Å². The minimum absolute atomic E-state index is 0.0715. The molecule has 2 heterocycles. The van der Waals surface area contributed by atoms with Crippen molar-refractivity contribution in [2.45, 2.75) is 6.92 Å². The van der Waals surface area contributed by atoms with Gasteiger partial charge in [-0.1, -0.05) is 41.9 Å². The van der Waals surface area contributed by atoms with Crippen molar-refractivity contribution in [1.82, 2.24) is 9.97 Å². The standard InChI is InChI=1S/C27H27Cl2N5O3/c1-5-30-18-8-6-7-15(2)26(18)34-22-12-17-16(14-32-22)11-19(33-27(17)31-9-10-35)23-24(28)20(36-3)13-21(37-4)25(23)29/h5-8,11-14,30,35H,1,9-10H2,2-4H3,(H,31,33)(H,32,34). The zero-order valence-corrected chi connectivity index (χ0v) is 22.2. The number of nitrogens with one attached hydrogen (secondary N) is 3. The Kier molecular flexibility index (Phi) is 8.23. The molecule has 0 fully saturated rings. The fourth-order valence-corrected chi connectivity index (χ4v) is 4.65. The van der Waals surface area contributed by atoms with E-state index in [1.807, 2.05) is 37.3 Å². The number of rotatable bonds is 10. The topological polar surface area (TPSA) is 101 Å². The highest BCUT2D eigenvalue weighted by Crippen LogP contribution is 2.46. The third-order valence-electron chi connectivity index (χ3n) is 5.73. The molecule has 10 heteroatoms. The third kappa shape index (κ3) is 5.36. The van der Waals surface area contributed by atoms with Gasteiger partial charge in [-0.2, -0.15) is 0 Å². The van der Waals surface area contributed by atoms with Crippen LogP contribution in [0.25, 0.3) is 22.0 Å².